The molecule has 0 saturated heterocycles. The monoisotopic (exact) mass is 717 g/mol. The third-order valence-corrected chi connectivity index (χ3v) is 13.4. The first-order chi connectivity index (χ1) is 27.3. The Balaban J connectivity index is 1.17. The van der Waals surface area contributed by atoms with Crippen LogP contribution in [0.4, 0.5) is 17.1 Å². The van der Waals surface area contributed by atoms with E-state index in [2.05, 4.69) is 221 Å². The predicted molar refractivity (Wildman–Crippen MR) is 234 cm³/mol. The molecule has 0 heterocycles. The molecule has 0 atom stereocenters. The van der Waals surface area contributed by atoms with Crippen LogP contribution in [0.25, 0.3) is 33.4 Å². The standard InChI is InChI=1S/C55H43N/c1-53(2)45-20-10-8-18-41(45)43-32-30-39(34-51(43)53)56(38-28-26-37(27-29-38)36-16-6-5-7-17-36)40-31-33-44-42-19-9-11-21-46(42)55(52(44)35-40)49-24-14-12-22-47(49)54(3,4)48-23-13-15-25-50(48)55/h5-35H,1-4H3. The van der Waals surface area contributed by atoms with Crippen LogP contribution in [0.1, 0.15) is 72.2 Å². The molecule has 0 fully saturated rings. The van der Waals surface area contributed by atoms with Crippen molar-refractivity contribution < 1.29 is 0 Å². The average Bonchev–Trinajstić information content (AvgIpc) is 3.66. The summed E-state index contributed by atoms with van der Waals surface area (Å²) in [5, 5.41) is 0. The van der Waals surface area contributed by atoms with Crippen molar-refractivity contribution in [2.24, 2.45) is 0 Å². The fraction of sp³-hybridized carbons (Fsp3) is 0.127. The molecule has 1 spiro atoms. The molecule has 11 rings (SSSR count). The van der Waals surface area contributed by atoms with E-state index in [0.29, 0.717) is 0 Å². The van der Waals surface area contributed by atoms with E-state index in [4.69, 9.17) is 0 Å². The SMILES string of the molecule is CC1(C)c2ccccc2-c2ccc(N(c3ccc(-c4ccccc4)cc3)c3ccc4c(c3)C3(c5ccccc5-4)c4ccccc4C(C)(C)c4ccccc43)cc21. The summed E-state index contributed by atoms with van der Waals surface area (Å²) in [5.41, 5.74) is 21.4. The van der Waals surface area contributed by atoms with Gasteiger partial charge < -0.3 is 4.90 Å². The Morgan fingerprint density at radius 3 is 1.29 bits per heavy atom. The van der Waals surface area contributed by atoms with Gasteiger partial charge in [0.25, 0.3) is 0 Å². The average molecular weight is 718 g/mol. The van der Waals surface area contributed by atoms with E-state index in [1.54, 1.807) is 0 Å². The number of hydrogen-bond acceptors (Lipinski definition) is 1. The maximum Gasteiger partial charge on any atom is 0.0720 e. The molecule has 0 bridgehead atoms. The van der Waals surface area contributed by atoms with E-state index in [-0.39, 0.29) is 10.8 Å². The fourth-order valence-electron chi connectivity index (χ4n) is 10.7. The first-order valence-corrected chi connectivity index (χ1v) is 19.9. The zero-order chi connectivity index (χ0) is 37.8. The zero-order valence-electron chi connectivity index (χ0n) is 32.3. The van der Waals surface area contributed by atoms with Gasteiger partial charge in [0.15, 0.2) is 0 Å². The normalized spacial score (nSPS) is 15.6. The lowest BCUT2D eigenvalue weighted by Crippen LogP contribution is -2.40. The molecule has 0 saturated carbocycles. The predicted octanol–water partition coefficient (Wildman–Crippen LogP) is 14.1. The minimum absolute atomic E-state index is 0.114. The van der Waals surface area contributed by atoms with Crippen LogP contribution in [0.3, 0.4) is 0 Å². The van der Waals surface area contributed by atoms with Crippen LogP contribution in [0.5, 0.6) is 0 Å². The molecule has 3 aliphatic rings. The van der Waals surface area contributed by atoms with Crippen LogP contribution in [-0.4, -0.2) is 0 Å². The summed E-state index contributed by atoms with van der Waals surface area (Å²) in [6, 6.07) is 70.6. The second-order valence-corrected chi connectivity index (χ2v) is 16.9. The van der Waals surface area contributed by atoms with Crippen molar-refractivity contribution >= 4 is 17.1 Å². The molecular formula is C55H43N. The summed E-state index contributed by atoms with van der Waals surface area (Å²) < 4.78 is 0. The minimum Gasteiger partial charge on any atom is -0.310 e. The van der Waals surface area contributed by atoms with Crippen molar-refractivity contribution in [3.05, 3.63) is 233 Å². The van der Waals surface area contributed by atoms with Gasteiger partial charge in [0.05, 0.1) is 5.41 Å². The molecule has 0 unspecified atom stereocenters. The van der Waals surface area contributed by atoms with Crippen molar-refractivity contribution in [1.29, 1.82) is 0 Å². The largest absolute Gasteiger partial charge is 0.310 e. The van der Waals surface area contributed by atoms with Crippen molar-refractivity contribution in [3.63, 3.8) is 0 Å². The van der Waals surface area contributed by atoms with Gasteiger partial charge in [0.2, 0.25) is 0 Å². The lowest BCUT2D eigenvalue weighted by molar-refractivity contribution is 0.563. The molecule has 1 heteroatoms. The van der Waals surface area contributed by atoms with E-state index in [0.717, 1.165) is 17.1 Å². The van der Waals surface area contributed by atoms with E-state index in [1.165, 1.54) is 77.9 Å². The topological polar surface area (TPSA) is 3.24 Å². The molecule has 56 heavy (non-hydrogen) atoms. The van der Waals surface area contributed by atoms with Gasteiger partial charge in [0, 0.05) is 27.9 Å². The van der Waals surface area contributed by atoms with Gasteiger partial charge in [-0.15, -0.1) is 0 Å². The lowest BCUT2D eigenvalue weighted by atomic mass is 9.55. The fourth-order valence-corrected chi connectivity index (χ4v) is 10.7. The van der Waals surface area contributed by atoms with Crippen LogP contribution >= 0.6 is 0 Å². The maximum absolute atomic E-state index is 2.51. The van der Waals surface area contributed by atoms with Crippen LogP contribution in [0.15, 0.2) is 188 Å². The Kier molecular flexibility index (Phi) is 6.93. The summed E-state index contributed by atoms with van der Waals surface area (Å²) in [4.78, 5) is 2.48. The summed E-state index contributed by atoms with van der Waals surface area (Å²) in [7, 11) is 0. The Hall–Kier alpha value is -6.44. The first kappa shape index (κ1) is 32.9. The smallest absolute Gasteiger partial charge is 0.0720 e. The van der Waals surface area contributed by atoms with Crippen LogP contribution in [0.2, 0.25) is 0 Å². The van der Waals surface area contributed by atoms with Crippen LogP contribution in [0, 0.1) is 0 Å². The van der Waals surface area contributed by atoms with Crippen LogP contribution in [-0.2, 0) is 16.2 Å². The zero-order valence-corrected chi connectivity index (χ0v) is 32.3. The van der Waals surface area contributed by atoms with Gasteiger partial charge in [-0.3, -0.25) is 0 Å². The molecule has 0 amide bonds. The Labute approximate surface area is 330 Å². The molecule has 0 radical (unpaired) electrons. The van der Waals surface area contributed by atoms with Gasteiger partial charge in [-0.1, -0.05) is 179 Å². The van der Waals surface area contributed by atoms with Gasteiger partial charge in [0.1, 0.15) is 0 Å². The van der Waals surface area contributed by atoms with E-state index in [9.17, 15) is 0 Å². The van der Waals surface area contributed by atoms with Gasteiger partial charge in [-0.2, -0.15) is 0 Å². The van der Waals surface area contributed by atoms with Gasteiger partial charge in [-0.25, -0.2) is 0 Å². The van der Waals surface area contributed by atoms with Gasteiger partial charge in [-0.05, 0) is 114 Å². The van der Waals surface area contributed by atoms with Crippen molar-refractivity contribution in [1.82, 2.24) is 0 Å². The lowest BCUT2D eigenvalue weighted by Gasteiger charge is -2.46. The molecule has 0 N–H and O–H groups in total. The quantitative estimate of drug-likeness (QED) is 0.175. The van der Waals surface area contributed by atoms with Crippen LogP contribution < -0.4 is 4.90 Å². The highest BCUT2D eigenvalue weighted by Gasteiger charge is 2.53. The Bertz CT molecular complexity index is 2810. The minimum atomic E-state index is -0.463. The first-order valence-electron chi connectivity index (χ1n) is 19.9. The summed E-state index contributed by atoms with van der Waals surface area (Å²) in [6.45, 7) is 9.53. The summed E-state index contributed by atoms with van der Waals surface area (Å²) in [6.07, 6.45) is 0. The number of nitrogens with zero attached hydrogens (tertiary/aromatic N) is 1. The third kappa shape index (κ3) is 4.37. The molecular weight excluding hydrogens is 675 g/mol. The van der Waals surface area contributed by atoms with Crippen molar-refractivity contribution in [2.45, 2.75) is 43.9 Å². The highest BCUT2D eigenvalue weighted by Crippen LogP contribution is 2.63. The molecule has 0 aliphatic heterocycles. The number of anilines is 3. The second kappa shape index (κ2) is 11.8. The number of fused-ring (bicyclic) bond motifs is 12. The Morgan fingerprint density at radius 2 is 0.679 bits per heavy atom. The summed E-state index contributed by atoms with van der Waals surface area (Å²) in [5.74, 6) is 0. The van der Waals surface area contributed by atoms with E-state index in [1.807, 2.05) is 0 Å². The number of rotatable bonds is 4. The molecule has 8 aromatic carbocycles. The summed E-state index contributed by atoms with van der Waals surface area (Å²) >= 11 is 0. The number of benzene rings is 8. The molecule has 8 aromatic rings. The third-order valence-electron chi connectivity index (χ3n) is 13.4. The molecule has 268 valence electrons. The highest BCUT2D eigenvalue weighted by molar-refractivity contribution is 5.92. The molecule has 1 nitrogen and oxygen atoms in total. The molecule has 0 aromatic heterocycles. The number of hydrogen-bond donors (Lipinski definition) is 0. The Morgan fingerprint density at radius 1 is 0.286 bits per heavy atom. The van der Waals surface area contributed by atoms with Crippen molar-refractivity contribution in [3.8, 4) is 33.4 Å². The second-order valence-electron chi connectivity index (χ2n) is 16.9. The van der Waals surface area contributed by atoms with Crippen molar-refractivity contribution in [2.75, 3.05) is 4.90 Å². The van der Waals surface area contributed by atoms with E-state index < -0.39 is 5.41 Å². The molecule has 3 aliphatic carbocycles. The highest BCUT2D eigenvalue weighted by atomic mass is 15.1. The maximum atomic E-state index is 2.51. The van der Waals surface area contributed by atoms with Gasteiger partial charge >= 0.3 is 0 Å². The van der Waals surface area contributed by atoms with E-state index >= 15 is 0 Å².